The molecule has 3 heteroatoms. The maximum Gasteiger partial charge on any atom is 0.127 e. The first-order valence-corrected chi connectivity index (χ1v) is 7.28. The van der Waals surface area contributed by atoms with Crippen LogP contribution in [0.1, 0.15) is 52.4 Å². The molecule has 2 aliphatic carbocycles. The second-order valence-corrected chi connectivity index (χ2v) is 6.96. The summed E-state index contributed by atoms with van der Waals surface area (Å²) in [5.74, 6) is 0.700. The van der Waals surface area contributed by atoms with Crippen molar-refractivity contribution in [3.8, 4) is 0 Å². The largest absolute Gasteiger partial charge is 0.412 e. The van der Waals surface area contributed by atoms with Crippen LogP contribution in [0.4, 0.5) is 0 Å². The Balaban J connectivity index is 1.73. The zero-order valence-corrected chi connectivity index (χ0v) is 11.5. The van der Waals surface area contributed by atoms with E-state index in [4.69, 9.17) is 16.4 Å². The van der Waals surface area contributed by atoms with Gasteiger partial charge in [-0.05, 0) is 30.6 Å². The number of rotatable bonds is 2. The summed E-state index contributed by atoms with van der Waals surface area (Å²) >= 11 is 6.37. The molecule has 2 unspecified atom stereocenters. The van der Waals surface area contributed by atoms with Gasteiger partial charge >= 0.3 is 0 Å². The smallest absolute Gasteiger partial charge is 0.127 e. The summed E-state index contributed by atoms with van der Waals surface area (Å²) in [5.41, 5.74) is 0.405. The number of halogens is 1. The van der Waals surface area contributed by atoms with Crippen molar-refractivity contribution >= 4 is 11.6 Å². The number of hydrogen-bond acceptors (Lipinski definition) is 2. The fourth-order valence-electron chi connectivity index (χ4n) is 3.39. The summed E-state index contributed by atoms with van der Waals surface area (Å²) in [6.45, 7) is 4.62. The normalized spacial score (nSPS) is 37.7. The molecule has 0 spiro atoms. The molecule has 0 bridgehead atoms. The highest BCUT2D eigenvalue weighted by molar-refractivity contribution is 6.30. The van der Waals surface area contributed by atoms with Crippen LogP contribution in [0.25, 0.3) is 0 Å². The molecule has 0 N–H and O–H groups in total. The van der Waals surface area contributed by atoms with Gasteiger partial charge in [0.1, 0.15) is 6.26 Å². The third-order valence-electron chi connectivity index (χ3n) is 4.71. The zero-order chi connectivity index (χ0) is 12.0. The molecule has 2 nitrogen and oxygen atoms in total. The van der Waals surface area contributed by atoms with E-state index < -0.39 is 0 Å². The molecule has 0 amide bonds. The van der Waals surface area contributed by atoms with Crippen LogP contribution in [0, 0.1) is 11.3 Å². The van der Waals surface area contributed by atoms with Gasteiger partial charge in [0.2, 0.25) is 0 Å². The maximum atomic E-state index is 6.37. The lowest BCUT2D eigenvalue weighted by molar-refractivity contribution is -0.134. The van der Waals surface area contributed by atoms with Gasteiger partial charge in [0, 0.05) is 0 Å². The summed E-state index contributed by atoms with van der Waals surface area (Å²) in [5, 5.41) is 3.11. The molecule has 2 fully saturated rings. The first kappa shape index (κ1) is 11.9. The molecule has 3 aliphatic rings. The van der Waals surface area contributed by atoms with E-state index in [1.807, 2.05) is 0 Å². The van der Waals surface area contributed by atoms with Gasteiger partial charge in [-0.3, -0.25) is 0 Å². The Kier molecular flexibility index (Phi) is 2.91. The minimum Gasteiger partial charge on any atom is -0.412 e. The van der Waals surface area contributed by atoms with Gasteiger partial charge < -0.3 is 4.84 Å². The monoisotopic (exact) mass is 255 g/mol. The van der Waals surface area contributed by atoms with Gasteiger partial charge in [0.05, 0.1) is 17.1 Å². The quantitative estimate of drug-likeness (QED) is 0.738. The topological polar surface area (TPSA) is 12.5 Å². The van der Waals surface area contributed by atoms with Crippen LogP contribution in [-0.4, -0.2) is 17.1 Å². The lowest BCUT2D eigenvalue weighted by Crippen LogP contribution is -2.40. The fourth-order valence-corrected chi connectivity index (χ4v) is 3.71. The summed E-state index contributed by atoms with van der Waals surface area (Å²) in [4.78, 5) is 5.73. The molecule has 2 atom stereocenters. The van der Waals surface area contributed by atoms with Crippen molar-refractivity contribution in [1.82, 2.24) is 5.06 Å². The van der Waals surface area contributed by atoms with E-state index in [0.29, 0.717) is 23.4 Å². The molecule has 1 heterocycles. The molecule has 1 aliphatic heterocycles. The highest BCUT2D eigenvalue weighted by Gasteiger charge is 2.55. The maximum absolute atomic E-state index is 6.37. The summed E-state index contributed by atoms with van der Waals surface area (Å²) in [7, 11) is 0. The van der Waals surface area contributed by atoms with Crippen LogP contribution in [0.3, 0.4) is 0 Å². The van der Waals surface area contributed by atoms with Crippen LogP contribution in [-0.2, 0) is 4.84 Å². The zero-order valence-electron chi connectivity index (χ0n) is 10.8. The lowest BCUT2D eigenvalue weighted by Gasteiger charge is -2.33. The molecule has 0 radical (unpaired) electrons. The molecule has 0 aromatic heterocycles. The average molecular weight is 256 g/mol. The molecule has 0 aromatic carbocycles. The SMILES string of the molecule is CC1(C)CC1N1OC=C(Cl)C1C1CCCCC1. The van der Waals surface area contributed by atoms with E-state index in [-0.39, 0.29) is 0 Å². The summed E-state index contributed by atoms with van der Waals surface area (Å²) < 4.78 is 0. The van der Waals surface area contributed by atoms with Crippen molar-refractivity contribution < 1.29 is 4.84 Å². The molecule has 96 valence electrons. The van der Waals surface area contributed by atoms with Gasteiger partial charge in [0.15, 0.2) is 0 Å². The van der Waals surface area contributed by atoms with Crippen molar-refractivity contribution in [3.63, 3.8) is 0 Å². The molecule has 2 saturated carbocycles. The van der Waals surface area contributed by atoms with Crippen molar-refractivity contribution in [1.29, 1.82) is 0 Å². The van der Waals surface area contributed by atoms with E-state index >= 15 is 0 Å². The standard InChI is InChI=1S/C14H22ClNO/c1-14(2)8-12(14)16-13(11(15)9-17-16)10-6-4-3-5-7-10/h9-10,12-13H,3-8H2,1-2H3. The molecule has 3 rings (SSSR count). The Morgan fingerprint density at radius 2 is 1.94 bits per heavy atom. The highest BCUT2D eigenvalue weighted by Crippen LogP contribution is 2.52. The Hall–Kier alpha value is -0.210. The van der Waals surface area contributed by atoms with E-state index in [2.05, 4.69) is 18.9 Å². The molecule has 0 aromatic rings. The third kappa shape index (κ3) is 2.10. The molecule has 17 heavy (non-hydrogen) atoms. The number of nitrogens with zero attached hydrogens (tertiary/aromatic N) is 1. The van der Waals surface area contributed by atoms with Crippen LogP contribution in [0.2, 0.25) is 0 Å². The Bertz CT molecular complexity index is 333. The van der Waals surface area contributed by atoms with Gasteiger partial charge in [-0.1, -0.05) is 44.7 Å². The third-order valence-corrected chi connectivity index (χ3v) is 5.02. The van der Waals surface area contributed by atoms with Crippen molar-refractivity contribution in [2.75, 3.05) is 0 Å². The fraction of sp³-hybridized carbons (Fsp3) is 0.857. The lowest BCUT2D eigenvalue weighted by atomic mass is 9.83. The van der Waals surface area contributed by atoms with E-state index in [0.717, 1.165) is 5.03 Å². The van der Waals surface area contributed by atoms with Gasteiger partial charge in [0.25, 0.3) is 0 Å². The van der Waals surface area contributed by atoms with E-state index in [9.17, 15) is 0 Å². The predicted octanol–water partition coefficient (Wildman–Crippen LogP) is 4.06. The number of hydroxylamine groups is 2. The van der Waals surface area contributed by atoms with Gasteiger partial charge in [-0.2, -0.15) is 0 Å². The Morgan fingerprint density at radius 3 is 2.53 bits per heavy atom. The Morgan fingerprint density at radius 1 is 1.29 bits per heavy atom. The van der Waals surface area contributed by atoms with E-state index in [1.54, 1.807) is 6.26 Å². The van der Waals surface area contributed by atoms with Crippen LogP contribution >= 0.6 is 11.6 Å². The summed E-state index contributed by atoms with van der Waals surface area (Å²) in [6.07, 6.45) is 9.70. The minimum atomic E-state index is 0.337. The summed E-state index contributed by atoms with van der Waals surface area (Å²) in [6, 6.07) is 0.894. The van der Waals surface area contributed by atoms with Crippen LogP contribution in [0.15, 0.2) is 11.3 Å². The first-order valence-electron chi connectivity index (χ1n) is 6.90. The second-order valence-electron chi connectivity index (χ2n) is 6.52. The Labute approximate surface area is 109 Å². The van der Waals surface area contributed by atoms with Crippen LogP contribution in [0.5, 0.6) is 0 Å². The highest BCUT2D eigenvalue weighted by atomic mass is 35.5. The van der Waals surface area contributed by atoms with Crippen molar-refractivity contribution in [3.05, 3.63) is 11.3 Å². The molecule has 0 saturated heterocycles. The molecular weight excluding hydrogens is 234 g/mol. The van der Waals surface area contributed by atoms with Crippen LogP contribution < -0.4 is 0 Å². The first-order chi connectivity index (χ1) is 8.09. The minimum absolute atomic E-state index is 0.337. The van der Waals surface area contributed by atoms with Crippen molar-refractivity contribution in [2.45, 2.75) is 64.5 Å². The average Bonchev–Trinajstić information content (AvgIpc) is 2.78. The van der Waals surface area contributed by atoms with Gasteiger partial charge in [-0.15, -0.1) is 5.06 Å². The van der Waals surface area contributed by atoms with Crippen molar-refractivity contribution in [2.24, 2.45) is 11.3 Å². The number of hydrogen-bond donors (Lipinski definition) is 0. The molecular formula is C14H22ClNO. The predicted molar refractivity (Wildman–Crippen MR) is 69.4 cm³/mol. The van der Waals surface area contributed by atoms with Gasteiger partial charge in [-0.25, -0.2) is 0 Å². The van der Waals surface area contributed by atoms with E-state index in [1.165, 1.54) is 38.5 Å². The second kappa shape index (κ2) is 4.17.